The highest BCUT2D eigenvalue weighted by Crippen LogP contribution is 2.14. The molecule has 0 atom stereocenters. The smallest absolute Gasteiger partial charge is 0.255 e. The van der Waals surface area contributed by atoms with Crippen LogP contribution in [0.25, 0.3) is 0 Å². The van der Waals surface area contributed by atoms with E-state index in [1.54, 1.807) is 12.1 Å². The summed E-state index contributed by atoms with van der Waals surface area (Å²) in [6.45, 7) is 0. The van der Waals surface area contributed by atoms with Gasteiger partial charge in [0.1, 0.15) is 0 Å². The molecular weight excluding hydrogens is 214 g/mol. The van der Waals surface area contributed by atoms with Gasteiger partial charge >= 0.3 is 0 Å². The van der Waals surface area contributed by atoms with Crippen LogP contribution in [0, 0.1) is 0 Å². The lowest BCUT2D eigenvalue weighted by molar-refractivity contribution is 0.102. The van der Waals surface area contributed by atoms with Gasteiger partial charge < -0.3 is 5.32 Å². The second-order valence-electron chi connectivity index (χ2n) is 3.55. The molecule has 4 radical (unpaired) electrons. The molecule has 4 heteroatoms. The minimum atomic E-state index is -0.268. The van der Waals surface area contributed by atoms with Crippen molar-refractivity contribution in [2.24, 2.45) is 0 Å². The van der Waals surface area contributed by atoms with E-state index < -0.39 is 0 Å². The number of amides is 1. The first-order chi connectivity index (χ1) is 8.15. The quantitative estimate of drug-likeness (QED) is 0.833. The summed E-state index contributed by atoms with van der Waals surface area (Å²) in [5, 5.41) is 2.67. The maximum absolute atomic E-state index is 11.8. The molecule has 1 N–H and O–H groups in total. The third-order valence-electron chi connectivity index (χ3n) is 2.25. The van der Waals surface area contributed by atoms with Gasteiger partial charge in [0.15, 0.2) is 0 Å². The Hall–Kier alpha value is -2.49. The molecule has 1 amide bonds. The van der Waals surface area contributed by atoms with Crippen LogP contribution >= 0.6 is 0 Å². The normalized spacial score (nSPS) is 9.88. The van der Waals surface area contributed by atoms with Gasteiger partial charge in [-0.15, -0.1) is 0 Å². The fourth-order valence-corrected chi connectivity index (χ4v) is 1.36. The van der Waals surface area contributed by atoms with E-state index in [1.165, 1.54) is 36.4 Å². The van der Waals surface area contributed by atoms with Gasteiger partial charge in [0.25, 0.3) is 5.91 Å². The first-order valence-corrected chi connectivity index (χ1v) is 5.04. The number of hydrogen-bond acceptors (Lipinski definition) is 1. The summed E-state index contributed by atoms with van der Waals surface area (Å²) >= 11 is 0. The van der Waals surface area contributed by atoms with Crippen LogP contribution < -0.4 is 16.8 Å². The lowest BCUT2D eigenvalue weighted by atomic mass is 10.2. The van der Waals surface area contributed by atoms with Gasteiger partial charge in [-0.05, 0) is 48.5 Å². The predicted octanol–water partition coefficient (Wildman–Crippen LogP) is 2.34. The van der Waals surface area contributed by atoms with Crippen LogP contribution in [-0.2, 0) is 0 Å². The maximum Gasteiger partial charge on any atom is 0.255 e. The standard InChI is InChI=1S/C13H9N3O/c14-10-3-1-9(2-4-10)13(17)16-12-7-5-11(15)6-8-12/h1-8H,(H,16,17). The molecule has 0 aliphatic heterocycles. The molecule has 17 heavy (non-hydrogen) atoms. The number of nitrogens with zero attached hydrogens (tertiary/aromatic N) is 2. The summed E-state index contributed by atoms with van der Waals surface area (Å²) in [6, 6.07) is 12.2. The number of anilines is 1. The van der Waals surface area contributed by atoms with E-state index in [1.807, 2.05) is 0 Å². The van der Waals surface area contributed by atoms with Crippen LogP contribution in [-0.4, -0.2) is 5.91 Å². The zero-order chi connectivity index (χ0) is 12.3. The van der Waals surface area contributed by atoms with E-state index in [0.717, 1.165) is 0 Å². The highest BCUT2D eigenvalue weighted by Gasteiger charge is 2.05. The summed E-state index contributed by atoms with van der Waals surface area (Å²) in [5.41, 5.74) is 19.5. The van der Waals surface area contributed by atoms with Gasteiger partial charge in [-0.1, -0.05) is 0 Å². The highest BCUT2D eigenvalue weighted by molar-refractivity contribution is 6.04. The first kappa shape index (κ1) is 11.0. The van der Waals surface area contributed by atoms with Crippen LogP contribution in [0.5, 0.6) is 0 Å². The Morgan fingerprint density at radius 3 is 1.82 bits per heavy atom. The lowest BCUT2D eigenvalue weighted by Crippen LogP contribution is -2.11. The predicted molar refractivity (Wildman–Crippen MR) is 64.4 cm³/mol. The van der Waals surface area contributed by atoms with E-state index >= 15 is 0 Å². The molecule has 4 nitrogen and oxygen atoms in total. The van der Waals surface area contributed by atoms with Crippen molar-refractivity contribution in [2.75, 3.05) is 5.32 Å². The molecule has 0 saturated heterocycles. The van der Waals surface area contributed by atoms with Gasteiger partial charge in [0.05, 0.1) is 11.4 Å². The maximum atomic E-state index is 11.8. The Morgan fingerprint density at radius 1 is 0.824 bits per heavy atom. The van der Waals surface area contributed by atoms with Crippen molar-refractivity contribution in [1.29, 1.82) is 0 Å². The molecule has 82 valence electrons. The van der Waals surface area contributed by atoms with Gasteiger partial charge in [-0.2, -0.15) is 11.5 Å². The Morgan fingerprint density at radius 2 is 1.29 bits per heavy atom. The number of carbonyl (C=O) groups excluding carboxylic acids is 1. The highest BCUT2D eigenvalue weighted by atomic mass is 16.1. The molecule has 0 aliphatic rings. The van der Waals surface area contributed by atoms with Crippen molar-refractivity contribution in [1.82, 2.24) is 11.5 Å². The molecule has 0 bridgehead atoms. The van der Waals surface area contributed by atoms with E-state index in [9.17, 15) is 4.79 Å². The zero-order valence-electron chi connectivity index (χ0n) is 8.92. The topological polar surface area (TPSA) is 73.7 Å². The molecule has 2 aromatic rings. The largest absolute Gasteiger partial charge is 0.322 e. The second kappa shape index (κ2) is 4.57. The Labute approximate surface area is 99.2 Å². The fourth-order valence-electron chi connectivity index (χ4n) is 1.36. The van der Waals surface area contributed by atoms with Crippen LogP contribution in [0.3, 0.4) is 0 Å². The van der Waals surface area contributed by atoms with Crippen LogP contribution in [0.1, 0.15) is 10.4 Å². The molecule has 0 saturated carbocycles. The zero-order valence-corrected chi connectivity index (χ0v) is 8.92. The number of rotatable bonds is 2. The van der Waals surface area contributed by atoms with Crippen molar-refractivity contribution in [3.63, 3.8) is 0 Å². The molecule has 0 aliphatic carbocycles. The van der Waals surface area contributed by atoms with Gasteiger partial charge in [-0.3, -0.25) is 4.79 Å². The molecule has 0 fully saturated rings. The van der Waals surface area contributed by atoms with Crippen LogP contribution in [0.2, 0.25) is 0 Å². The molecule has 2 rings (SSSR count). The van der Waals surface area contributed by atoms with Crippen molar-refractivity contribution in [3.8, 4) is 0 Å². The van der Waals surface area contributed by atoms with E-state index in [0.29, 0.717) is 11.3 Å². The minimum Gasteiger partial charge on any atom is -0.322 e. The lowest BCUT2D eigenvalue weighted by Gasteiger charge is -2.04. The summed E-state index contributed by atoms with van der Waals surface area (Å²) < 4.78 is 0. The minimum absolute atomic E-state index is 0.117. The molecular formula is C13H9N3O. The summed E-state index contributed by atoms with van der Waals surface area (Å²) in [4.78, 5) is 11.8. The SMILES string of the molecule is [N]c1ccc(NC(=O)c2ccc([N])cc2)cc1. The molecule has 0 heterocycles. The monoisotopic (exact) mass is 223 g/mol. The van der Waals surface area contributed by atoms with E-state index in [-0.39, 0.29) is 17.3 Å². The Bertz CT molecular complexity index is 517. The van der Waals surface area contributed by atoms with Crippen molar-refractivity contribution in [2.45, 2.75) is 0 Å². The van der Waals surface area contributed by atoms with E-state index in [2.05, 4.69) is 5.32 Å². The number of hydrogen-bond donors (Lipinski definition) is 1. The van der Waals surface area contributed by atoms with Gasteiger partial charge in [0, 0.05) is 11.3 Å². The Balaban J connectivity index is 2.11. The van der Waals surface area contributed by atoms with Crippen molar-refractivity contribution in [3.05, 3.63) is 54.1 Å². The Kier molecular flexibility index (Phi) is 2.96. The van der Waals surface area contributed by atoms with E-state index in [4.69, 9.17) is 11.5 Å². The third-order valence-corrected chi connectivity index (χ3v) is 2.25. The van der Waals surface area contributed by atoms with Crippen LogP contribution in [0.4, 0.5) is 17.1 Å². The fraction of sp³-hybridized carbons (Fsp3) is 0. The molecule has 0 spiro atoms. The molecule has 2 aromatic carbocycles. The number of nitrogens with one attached hydrogen (secondary N) is 1. The average Bonchev–Trinajstić information content (AvgIpc) is 2.33. The first-order valence-electron chi connectivity index (χ1n) is 5.04. The summed E-state index contributed by atoms with van der Waals surface area (Å²) in [7, 11) is 0. The summed E-state index contributed by atoms with van der Waals surface area (Å²) in [6.07, 6.45) is 0. The average molecular weight is 223 g/mol. The third kappa shape index (κ3) is 2.75. The van der Waals surface area contributed by atoms with Gasteiger partial charge in [0.2, 0.25) is 0 Å². The van der Waals surface area contributed by atoms with Crippen molar-refractivity contribution >= 4 is 23.0 Å². The van der Waals surface area contributed by atoms with Crippen molar-refractivity contribution < 1.29 is 4.79 Å². The van der Waals surface area contributed by atoms with Crippen LogP contribution in [0.15, 0.2) is 48.5 Å². The molecule has 0 aromatic heterocycles. The molecule has 0 unspecified atom stereocenters. The van der Waals surface area contributed by atoms with Gasteiger partial charge in [-0.25, -0.2) is 0 Å². The number of carbonyl (C=O) groups is 1. The second-order valence-corrected chi connectivity index (χ2v) is 3.55. The summed E-state index contributed by atoms with van der Waals surface area (Å²) in [5.74, 6) is -0.268. The number of benzene rings is 2.